The van der Waals surface area contributed by atoms with Crippen molar-refractivity contribution in [2.24, 2.45) is 0 Å². The number of nitrogens with one attached hydrogen (secondary N) is 1. The summed E-state index contributed by atoms with van der Waals surface area (Å²) < 4.78 is 6.23. The second-order valence-corrected chi connectivity index (χ2v) is 5.76. The molecule has 1 aliphatic rings. The lowest BCUT2D eigenvalue weighted by atomic mass is 10.2. The van der Waals surface area contributed by atoms with Gasteiger partial charge in [0.2, 0.25) is 11.7 Å². The topological polar surface area (TPSA) is 71.2 Å². The van der Waals surface area contributed by atoms with E-state index in [-0.39, 0.29) is 24.6 Å². The van der Waals surface area contributed by atoms with E-state index in [1.165, 1.54) is 0 Å². The number of halogens is 2. The number of aromatic nitrogens is 2. The van der Waals surface area contributed by atoms with Crippen LogP contribution in [0.3, 0.4) is 0 Å². The van der Waals surface area contributed by atoms with Crippen molar-refractivity contribution in [3.63, 3.8) is 0 Å². The summed E-state index contributed by atoms with van der Waals surface area (Å²) in [4.78, 5) is 5.31. The summed E-state index contributed by atoms with van der Waals surface area (Å²) in [6, 6.07) is 1.92. The Bertz CT molecular complexity index is 533. The van der Waals surface area contributed by atoms with E-state index in [1.807, 2.05) is 11.4 Å². The maximum Gasteiger partial charge on any atom is 0.244 e. The number of hydrogen-bond donors (Lipinski definition) is 2. The van der Waals surface area contributed by atoms with Gasteiger partial charge in [-0.1, -0.05) is 5.16 Å². The Morgan fingerprint density at radius 2 is 2.39 bits per heavy atom. The Morgan fingerprint density at radius 1 is 1.56 bits per heavy atom. The van der Waals surface area contributed by atoms with E-state index in [9.17, 15) is 5.11 Å². The molecule has 0 spiro atoms. The molecule has 0 amide bonds. The van der Waals surface area contributed by atoms with Gasteiger partial charge in [-0.15, -0.1) is 23.7 Å². The van der Waals surface area contributed by atoms with Crippen LogP contribution in [0.4, 0.5) is 0 Å². The number of hydrogen-bond acceptors (Lipinski definition) is 6. The minimum atomic E-state index is -0.328. The molecular weight excluding hydrogens is 342 g/mol. The smallest absolute Gasteiger partial charge is 0.244 e. The lowest BCUT2D eigenvalue weighted by molar-refractivity contribution is 0.191. The molecule has 2 atom stereocenters. The van der Waals surface area contributed by atoms with E-state index < -0.39 is 0 Å². The van der Waals surface area contributed by atoms with Gasteiger partial charge in [-0.05, 0) is 28.4 Å². The van der Waals surface area contributed by atoms with E-state index in [4.69, 9.17) is 4.52 Å². The van der Waals surface area contributed by atoms with E-state index in [2.05, 4.69) is 31.4 Å². The third-order valence-corrected chi connectivity index (χ3v) is 4.32. The molecule has 98 valence electrons. The molecule has 1 aliphatic heterocycles. The lowest BCUT2D eigenvalue weighted by Crippen LogP contribution is -2.15. The van der Waals surface area contributed by atoms with E-state index in [1.54, 1.807) is 11.3 Å². The summed E-state index contributed by atoms with van der Waals surface area (Å²) in [5.74, 6) is 1.14. The lowest BCUT2D eigenvalue weighted by Gasteiger charge is -2.01. The first-order valence-electron chi connectivity index (χ1n) is 5.22. The Balaban J connectivity index is 0.00000120. The van der Waals surface area contributed by atoms with Crippen molar-refractivity contribution in [2.75, 3.05) is 6.54 Å². The first kappa shape index (κ1) is 14.0. The van der Waals surface area contributed by atoms with Crippen molar-refractivity contribution in [2.45, 2.75) is 18.6 Å². The number of thiophene rings is 1. The van der Waals surface area contributed by atoms with Gasteiger partial charge >= 0.3 is 0 Å². The monoisotopic (exact) mass is 351 g/mol. The van der Waals surface area contributed by atoms with Gasteiger partial charge in [0.15, 0.2) is 0 Å². The van der Waals surface area contributed by atoms with Crippen LogP contribution in [0.15, 0.2) is 20.4 Å². The predicted molar refractivity (Wildman–Crippen MR) is 73.9 cm³/mol. The second kappa shape index (κ2) is 5.66. The van der Waals surface area contributed by atoms with Crippen LogP contribution in [0, 0.1) is 0 Å². The quantitative estimate of drug-likeness (QED) is 0.868. The summed E-state index contributed by atoms with van der Waals surface area (Å²) >= 11 is 4.95. The number of β-amino-alcohol motifs (C(OH)–C–C–N with tert-alkyl or cyclic N) is 1. The molecule has 2 aromatic rings. The molecule has 1 saturated heterocycles. The summed E-state index contributed by atoms with van der Waals surface area (Å²) in [6.45, 7) is 0.576. The Hall–Kier alpha value is -0.470. The molecule has 0 aliphatic carbocycles. The van der Waals surface area contributed by atoms with E-state index in [0.29, 0.717) is 24.7 Å². The van der Waals surface area contributed by atoms with Crippen molar-refractivity contribution in [1.29, 1.82) is 0 Å². The zero-order valence-electron chi connectivity index (χ0n) is 9.17. The van der Waals surface area contributed by atoms with Crippen LogP contribution in [0.1, 0.15) is 18.4 Å². The van der Waals surface area contributed by atoms with Gasteiger partial charge in [-0.25, -0.2) is 0 Å². The van der Waals surface area contributed by atoms with Crippen molar-refractivity contribution >= 4 is 39.7 Å². The van der Waals surface area contributed by atoms with E-state index in [0.717, 1.165) is 9.35 Å². The Kier molecular flexibility index (Phi) is 4.39. The van der Waals surface area contributed by atoms with Crippen LogP contribution in [0.5, 0.6) is 0 Å². The normalized spacial score (nSPS) is 23.0. The maximum atomic E-state index is 9.43. The van der Waals surface area contributed by atoms with E-state index >= 15 is 0 Å². The van der Waals surface area contributed by atoms with Gasteiger partial charge in [0.1, 0.15) is 0 Å². The summed E-state index contributed by atoms with van der Waals surface area (Å²) in [7, 11) is 0. The predicted octanol–water partition coefficient (Wildman–Crippen LogP) is 2.38. The molecule has 2 aromatic heterocycles. The fourth-order valence-corrected chi connectivity index (χ4v) is 3.16. The van der Waals surface area contributed by atoms with Gasteiger partial charge in [-0.3, -0.25) is 0 Å². The molecule has 3 rings (SSSR count). The largest absolute Gasteiger partial charge is 0.392 e. The van der Waals surface area contributed by atoms with Crippen LogP contribution in [-0.4, -0.2) is 27.9 Å². The van der Waals surface area contributed by atoms with Gasteiger partial charge in [0.05, 0.1) is 17.0 Å². The molecule has 3 heterocycles. The number of aliphatic hydroxyl groups excluding tert-OH is 1. The number of rotatable bonds is 2. The highest BCUT2D eigenvalue weighted by atomic mass is 79.9. The standard InChI is InChI=1S/C10H10BrN3O2S.ClH/c11-5-1-8(17-4-5)9-13-10(16-14-9)7-2-6(15)3-12-7;/h1,4,6-7,12,15H,2-3H2;1H/t6-,7-;/m0./s1. The molecule has 0 radical (unpaired) electrons. The third-order valence-electron chi connectivity index (χ3n) is 2.64. The van der Waals surface area contributed by atoms with Gasteiger partial charge in [-0.2, -0.15) is 4.98 Å². The molecule has 0 aromatic carbocycles. The van der Waals surface area contributed by atoms with Crippen LogP contribution in [0.2, 0.25) is 0 Å². The minimum Gasteiger partial charge on any atom is -0.392 e. The molecule has 0 unspecified atom stereocenters. The van der Waals surface area contributed by atoms with Crippen molar-refractivity contribution in [3.8, 4) is 10.7 Å². The summed E-state index contributed by atoms with van der Waals surface area (Å²) in [6.07, 6.45) is 0.293. The Labute approximate surface area is 122 Å². The van der Waals surface area contributed by atoms with Gasteiger partial charge in [0.25, 0.3) is 0 Å². The molecule has 8 heteroatoms. The Morgan fingerprint density at radius 3 is 3.00 bits per heavy atom. The van der Waals surface area contributed by atoms with Gasteiger partial charge < -0.3 is 14.9 Å². The first-order valence-corrected chi connectivity index (χ1v) is 6.89. The first-order chi connectivity index (χ1) is 8.22. The minimum absolute atomic E-state index is 0. The fraction of sp³-hybridized carbons (Fsp3) is 0.400. The highest BCUT2D eigenvalue weighted by molar-refractivity contribution is 9.10. The zero-order valence-corrected chi connectivity index (χ0v) is 12.4. The average Bonchev–Trinajstić information content (AvgIpc) is 2.96. The molecule has 5 nitrogen and oxygen atoms in total. The molecule has 0 saturated carbocycles. The van der Waals surface area contributed by atoms with Crippen LogP contribution >= 0.6 is 39.7 Å². The summed E-state index contributed by atoms with van der Waals surface area (Å²) in [5, 5.41) is 18.5. The average molecular weight is 353 g/mol. The number of nitrogens with zero attached hydrogens (tertiary/aromatic N) is 2. The molecule has 0 bridgehead atoms. The van der Waals surface area contributed by atoms with Gasteiger partial charge in [0, 0.05) is 16.4 Å². The fourth-order valence-electron chi connectivity index (χ4n) is 1.81. The van der Waals surface area contributed by atoms with Crippen molar-refractivity contribution < 1.29 is 9.63 Å². The van der Waals surface area contributed by atoms with Crippen molar-refractivity contribution in [1.82, 2.24) is 15.5 Å². The molecule has 2 N–H and O–H groups in total. The number of aliphatic hydroxyl groups is 1. The third kappa shape index (κ3) is 2.75. The molecular formula is C10H11BrClN3O2S. The molecule has 1 fully saturated rings. The summed E-state index contributed by atoms with van der Waals surface area (Å²) in [5.41, 5.74) is 0. The second-order valence-electron chi connectivity index (χ2n) is 3.94. The highest BCUT2D eigenvalue weighted by Gasteiger charge is 2.28. The zero-order chi connectivity index (χ0) is 11.8. The van der Waals surface area contributed by atoms with Crippen molar-refractivity contribution in [3.05, 3.63) is 21.8 Å². The van der Waals surface area contributed by atoms with Crippen LogP contribution < -0.4 is 5.32 Å². The van der Waals surface area contributed by atoms with Crippen LogP contribution in [-0.2, 0) is 0 Å². The molecule has 18 heavy (non-hydrogen) atoms. The maximum absolute atomic E-state index is 9.43. The SMILES string of the molecule is Cl.O[C@@H]1CN[C@H](c2nc(-c3cc(Br)cs3)no2)C1. The van der Waals surface area contributed by atoms with Crippen LogP contribution in [0.25, 0.3) is 10.7 Å². The highest BCUT2D eigenvalue weighted by Crippen LogP contribution is 2.29.